The van der Waals surface area contributed by atoms with Crippen LogP contribution in [0, 0.1) is 0 Å². The zero-order valence-corrected chi connectivity index (χ0v) is 13.9. The lowest BCUT2D eigenvalue weighted by Gasteiger charge is -2.31. The highest BCUT2D eigenvalue weighted by Crippen LogP contribution is 2.16. The molecule has 2 N–H and O–H groups in total. The van der Waals surface area contributed by atoms with Crippen LogP contribution in [0.15, 0.2) is 24.3 Å². The Bertz CT molecular complexity index is 522. The molecule has 1 unspecified atom stereocenters. The van der Waals surface area contributed by atoms with Gasteiger partial charge >= 0.3 is 0 Å². The number of carbonyl (C=O) groups is 2. The molecule has 1 saturated heterocycles. The molecule has 0 aliphatic carbocycles. The maximum absolute atomic E-state index is 12.2. The summed E-state index contributed by atoms with van der Waals surface area (Å²) in [6.07, 6.45) is 2.25. The zero-order valence-electron chi connectivity index (χ0n) is 13.1. The lowest BCUT2D eigenvalue weighted by molar-refractivity contribution is -0.117. The highest BCUT2D eigenvalue weighted by molar-refractivity contribution is 6.04. The Hall–Kier alpha value is -1.43. The van der Waals surface area contributed by atoms with Crippen molar-refractivity contribution in [3.8, 4) is 0 Å². The number of ketones is 1. The summed E-state index contributed by atoms with van der Waals surface area (Å²) in [7, 11) is 1.96. The van der Waals surface area contributed by atoms with Gasteiger partial charge in [-0.25, -0.2) is 0 Å². The van der Waals surface area contributed by atoms with Crippen molar-refractivity contribution in [3.05, 3.63) is 29.8 Å². The lowest BCUT2D eigenvalue weighted by Crippen LogP contribution is -2.46. The minimum Gasteiger partial charge on any atom is -0.324 e. The van der Waals surface area contributed by atoms with E-state index in [9.17, 15) is 9.59 Å². The standard InChI is InChI=1S/C16H23N3O2.ClH/c1-12(20)14-7-3-4-8-15(14)18-16(21)11-19-9-5-6-13(10-19)17-2;/h3-4,7-8,13,17H,5-6,9-11H2,1-2H3,(H,18,21);1H. The maximum atomic E-state index is 12.2. The van der Waals surface area contributed by atoms with Gasteiger partial charge in [-0.2, -0.15) is 0 Å². The molecular formula is C16H24ClN3O2. The van der Waals surface area contributed by atoms with Crippen LogP contribution in [0.4, 0.5) is 5.69 Å². The van der Waals surface area contributed by atoms with Gasteiger partial charge in [0.1, 0.15) is 0 Å². The van der Waals surface area contributed by atoms with Crippen LogP contribution < -0.4 is 10.6 Å². The number of para-hydroxylation sites is 1. The number of carbonyl (C=O) groups excluding carboxylic acids is 2. The molecule has 2 rings (SSSR count). The molecule has 1 amide bonds. The quantitative estimate of drug-likeness (QED) is 0.812. The molecule has 0 aromatic heterocycles. The van der Waals surface area contributed by atoms with E-state index in [1.54, 1.807) is 18.2 Å². The van der Waals surface area contributed by atoms with Crippen molar-refractivity contribution in [3.63, 3.8) is 0 Å². The third kappa shape index (κ3) is 5.09. The molecule has 22 heavy (non-hydrogen) atoms. The fourth-order valence-electron chi connectivity index (χ4n) is 2.73. The maximum Gasteiger partial charge on any atom is 0.238 e. The van der Waals surface area contributed by atoms with E-state index >= 15 is 0 Å². The highest BCUT2D eigenvalue weighted by atomic mass is 35.5. The number of nitrogens with zero attached hydrogens (tertiary/aromatic N) is 1. The monoisotopic (exact) mass is 325 g/mol. The second-order valence-electron chi connectivity index (χ2n) is 5.51. The van der Waals surface area contributed by atoms with Gasteiger partial charge in [0.05, 0.1) is 12.2 Å². The Balaban J connectivity index is 0.00000242. The summed E-state index contributed by atoms with van der Waals surface area (Å²) in [6.45, 7) is 3.70. The van der Waals surface area contributed by atoms with Crippen molar-refractivity contribution in [1.82, 2.24) is 10.2 Å². The van der Waals surface area contributed by atoms with E-state index in [2.05, 4.69) is 15.5 Å². The molecule has 122 valence electrons. The molecule has 1 aromatic carbocycles. The van der Waals surface area contributed by atoms with E-state index in [0.29, 0.717) is 23.8 Å². The number of Topliss-reactive ketones (excluding diaryl/α,β-unsaturated/α-hetero) is 1. The van der Waals surface area contributed by atoms with Gasteiger partial charge in [0.2, 0.25) is 5.91 Å². The molecule has 1 heterocycles. The number of rotatable bonds is 5. The minimum absolute atomic E-state index is 0. The van der Waals surface area contributed by atoms with E-state index in [4.69, 9.17) is 0 Å². The van der Waals surface area contributed by atoms with Gasteiger partial charge in [0.25, 0.3) is 0 Å². The van der Waals surface area contributed by atoms with Gasteiger partial charge in [0.15, 0.2) is 5.78 Å². The number of benzene rings is 1. The molecule has 1 atom stereocenters. The molecule has 5 nitrogen and oxygen atoms in total. The second kappa shape index (κ2) is 8.88. The van der Waals surface area contributed by atoms with Crippen molar-refractivity contribution in [2.45, 2.75) is 25.8 Å². The van der Waals surface area contributed by atoms with Crippen LogP contribution in [-0.2, 0) is 4.79 Å². The van der Waals surface area contributed by atoms with Crippen LogP contribution in [0.25, 0.3) is 0 Å². The van der Waals surface area contributed by atoms with Crippen molar-refractivity contribution in [2.24, 2.45) is 0 Å². The van der Waals surface area contributed by atoms with E-state index in [-0.39, 0.29) is 24.1 Å². The summed E-state index contributed by atoms with van der Waals surface area (Å²) in [6, 6.07) is 7.57. The van der Waals surface area contributed by atoms with Gasteiger partial charge in [-0.05, 0) is 45.5 Å². The highest BCUT2D eigenvalue weighted by Gasteiger charge is 2.20. The van der Waals surface area contributed by atoms with E-state index in [1.807, 2.05) is 13.1 Å². The van der Waals surface area contributed by atoms with Crippen molar-refractivity contribution >= 4 is 29.8 Å². The molecule has 0 bridgehead atoms. The number of hydrogen-bond acceptors (Lipinski definition) is 4. The van der Waals surface area contributed by atoms with Crippen molar-refractivity contribution in [1.29, 1.82) is 0 Å². The molecule has 0 saturated carbocycles. The molecule has 0 spiro atoms. The number of halogens is 1. The SMILES string of the molecule is CNC1CCCN(CC(=O)Nc2ccccc2C(C)=O)C1.Cl. The summed E-state index contributed by atoms with van der Waals surface area (Å²) < 4.78 is 0. The number of piperidine rings is 1. The third-order valence-electron chi connectivity index (χ3n) is 3.86. The Kier molecular flexibility index (Phi) is 7.51. The summed E-state index contributed by atoms with van der Waals surface area (Å²) in [5.74, 6) is -0.112. The predicted octanol–water partition coefficient (Wildman–Crippen LogP) is 1.93. The van der Waals surface area contributed by atoms with Crippen LogP contribution in [0.1, 0.15) is 30.1 Å². The first-order chi connectivity index (χ1) is 10.1. The topological polar surface area (TPSA) is 61.4 Å². The fraction of sp³-hybridized carbons (Fsp3) is 0.500. The van der Waals surface area contributed by atoms with Crippen LogP contribution in [0.5, 0.6) is 0 Å². The average molecular weight is 326 g/mol. The van der Waals surface area contributed by atoms with Gasteiger partial charge in [0, 0.05) is 18.2 Å². The smallest absolute Gasteiger partial charge is 0.238 e. The lowest BCUT2D eigenvalue weighted by atomic mass is 10.1. The summed E-state index contributed by atoms with van der Waals surface area (Å²) in [5.41, 5.74) is 1.15. The molecule has 0 radical (unpaired) electrons. The second-order valence-corrected chi connectivity index (χ2v) is 5.51. The van der Waals surface area contributed by atoms with Crippen molar-refractivity contribution < 1.29 is 9.59 Å². The van der Waals surface area contributed by atoms with Gasteiger partial charge in [-0.15, -0.1) is 12.4 Å². The van der Waals surface area contributed by atoms with E-state index in [0.717, 1.165) is 25.9 Å². The van der Waals surface area contributed by atoms with E-state index in [1.165, 1.54) is 6.92 Å². The fourth-order valence-corrected chi connectivity index (χ4v) is 2.73. The first-order valence-electron chi connectivity index (χ1n) is 7.39. The number of likely N-dealkylation sites (tertiary alicyclic amines) is 1. The average Bonchev–Trinajstić information content (AvgIpc) is 2.47. The minimum atomic E-state index is -0.0690. The molecule has 1 aromatic rings. The summed E-state index contributed by atoms with van der Waals surface area (Å²) in [4.78, 5) is 25.9. The Morgan fingerprint density at radius 2 is 2.05 bits per heavy atom. The molecule has 1 aliphatic rings. The third-order valence-corrected chi connectivity index (χ3v) is 3.86. The molecular weight excluding hydrogens is 302 g/mol. The van der Waals surface area contributed by atoms with Gasteiger partial charge in [-0.1, -0.05) is 12.1 Å². The van der Waals surface area contributed by atoms with Crippen molar-refractivity contribution in [2.75, 3.05) is 32.0 Å². The molecule has 1 aliphatic heterocycles. The zero-order chi connectivity index (χ0) is 15.2. The van der Waals surface area contributed by atoms with Crippen LogP contribution in [0.3, 0.4) is 0 Å². The first-order valence-corrected chi connectivity index (χ1v) is 7.39. The molecule has 6 heteroatoms. The van der Waals surface area contributed by atoms with E-state index < -0.39 is 0 Å². The molecule has 1 fully saturated rings. The van der Waals surface area contributed by atoms with Crippen LogP contribution in [0.2, 0.25) is 0 Å². The Morgan fingerprint density at radius 1 is 1.32 bits per heavy atom. The largest absolute Gasteiger partial charge is 0.324 e. The summed E-state index contributed by atoms with van der Waals surface area (Å²) in [5, 5.41) is 6.11. The van der Waals surface area contributed by atoms with Gasteiger partial charge < -0.3 is 10.6 Å². The van der Waals surface area contributed by atoms with Gasteiger partial charge in [-0.3, -0.25) is 14.5 Å². The first kappa shape index (κ1) is 18.6. The normalized spacial score (nSPS) is 18.4. The number of hydrogen-bond donors (Lipinski definition) is 2. The number of anilines is 1. The van der Waals surface area contributed by atoms with Crippen LogP contribution in [-0.4, -0.2) is 49.3 Å². The number of nitrogens with one attached hydrogen (secondary N) is 2. The predicted molar refractivity (Wildman–Crippen MR) is 90.8 cm³/mol. The number of amides is 1. The Labute approximate surface area is 137 Å². The number of likely N-dealkylation sites (N-methyl/N-ethyl adjacent to an activating group) is 1. The summed E-state index contributed by atoms with van der Waals surface area (Å²) >= 11 is 0. The van der Waals surface area contributed by atoms with Crippen LogP contribution >= 0.6 is 12.4 Å². The Morgan fingerprint density at radius 3 is 2.73 bits per heavy atom.